The van der Waals surface area contributed by atoms with Crippen LogP contribution in [0.3, 0.4) is 0 Å². The molecule has 2 aliphatic carbocycles. The summed E-state index contributed by atoms with van der Waals surface area (Å²) in [6.45, 7) is 0.206. The average molecular weight is 354 g/mol. The van der Waals surface area contributed by atoms with Crippen LogP contribution in [-0.4, -0.2) is 34.5 Å². The van der Waals surface area contributed by atoms with Gasteiger partial charge in [-0.25, -0.2) is 0 Å². The summed E-state index contributed by atoms with van der Waals surface area (Å²) in [5.41, 5.74) is 3.82. The molecule has 2 heterocycles. The molecule has 0 saturated heterocycles. The second-order valence-electron chi connectivity index (χ2n) is 7.58. The van der Waals surface area contributed by atoms with E-state index in [1.54, 1.807) is 12.0 Å². The number of hydrogen-bond acceptors (Lipinski definition) is 4. The predicted molar refractivity (Wildman–Crippen MR) is 96.0 cm³/mol. The number of aromatic nitrogens is 1. The summed E-state index contributed by atoms with van der Waals surface area (Å²) in [5.74, 6) is 0.313. The van der Waals surface area contributed by atoms with E-state index in [-0.39, 0.29) is 29.8 Å². The van der Waals surface area contributed by atoms with E-state index in [1.807, 2.05) is 18.2 Å². The van der Waals surface area contributed by atoms with Crippen LogP contribution < -0.4 is 4.90 Å². The number of benzene rings is 1. The Morgan fingerprint density at radius 2 is 1.77 bits per heavy atom. The van der Waals surface area contributed by atoms with Gasteiger partial charge in [0.15, 0.2) is 0 Å². The summed E-state index contributed by atoms with van der Waals surface area (Å²) in [4.78, 5) is 14.5. The monoisotopic (exact) mass is 354 g/mol. The van der Waals surface area contributed by atoms with Gasteiger partial charge in [0.1, 0.15) is 6.73 Å². The molecule has 0 radical (unpaired) electrons. The topological polar surface area (TPSA) is 74.9 Å². The molecule has 1 amide bonds. The number of fused-ring (bicyclic) bond motifs is 3. The molecule has 2 aromatic rings. The molecular weight excluding hydrogens is 332 g/mol. The first-order valence-corrected chi connectivity index (χ1v) is 9.18. The summed E-state index contributed by atoms with van der Waals surface area (Å²) in [6, 6.07) is 5.72. The second-order valence-corrected chi connectivity index (χ2v) is 7.58. The SMILES string of the molecule is COCN1C(=O)C2(CC2)c2ccc(-n3c(O)c4c(c3O)CCCC4)cc21. The van der Waals surface area contributed by atoms with Crippen LogP contribution in [0.1, 0.15) is 42.4 Å². The van der Waals surface area contributed by atoms with E-state index in [4.69, 9.17) is 4.74 Å². The van der Waals surface area contributed by atoms with Gasteiger partial charge in [0.2, 0.25) is 17.7 Å². The minimum atomic E-state index is -0.383. The molecule has 1 aromatic heterocycles. The van der Waals surface area contributed by atoms with Crippen LogP contribution in [0.5, 0.6) is 11.8 Å². The van der Waals surface area contributed by atoms with Gasteiger partial charge >= 0.3 is 0 Å². The summed E-state index contributed by atoms with van der Waals surface area (Å²) in [5, 5.41) is 21.4. The third kappa shape index (κ3) is 1.88. The third-order valence-electron chi connectivity index (χ3n) is 6.14. The fourth-order valence-electron chi connectivity index (χ4n) is 4.65. The lowest BCUT2D eigenvalue weighted by Gasteiger charge is -2.17. The highest BCUT2D eigenvalue weighted by atomic mass is 16.5. The van der Waals surface area contributed by atoms with Gasteiger partial charge in [-0.15, -0.1) is 0 Å². The molecule has 1 aliphatic heterocycles. The summed E-state index contributed by atoms with van der Waals surface area (Å²) < 4.78 is 6.74. The number of amides is 1. The van der Waals surface area contributed by atoms with Crippen molar-refractivity contribution >= 4 is 11.6 Å². The van der Waals surface area contributed by atoms with Crippen LogP contribution >= 0.6 is 0 Å². The number of nitrogens with zero attached hydrogens (tertiary/aromatic N) is 2. The number of hydrogen-bond donors (Lipinski definition) is 2. The highest BCUT2D eigenvalue weighted by Crippen LogP contribution is 2.57. The second kappa shape index (κ2) is 5.27. The van der Waals surface area contributed by atoms with Crippen molar-refractivity contribution in [2.75, 3.05) is 18.7 Å². The normalized spacial score (nSPS) is 19.7. The first kappa shape index (κ1) is 15.8. The molecule has 5 rings (SSSR count). The van der Waals surface area contributed by atoms with Gasteiger partial charge in [0, 0.05) is 18.2 Å². The molecule has 6 nitrogen and oxygen atoms in total. The zero-order chi connectivity index (χ0) is 18.1. The highest BCUT2D eigenvalue weighted by Gasteiger charge is 2.59. The van der Waals surface area contributed by atoms with E-state index in [2.05, 4.69) is 0 Å². The zero-order valence-corrected chi connectivity index (χ0v) is 14.8. The number of ether oxygens (including phenoxy) is 1. The Bertz CT molecular complexity index is 897. The third-order valence-corrected chi connectivity index (χ3v) is 6.14. The fourth-order valence-corrected chi connectivity index (χ4v) is 4.65. The number of anilines is 1. The van der Waals surface area contributed by atoms with Crippen molar-refractivity contribution in [2.45, 2.75) is 43.9 Å². The van der Waals surface area contributed by atoms with Crippen molar-refractivity contribution in [2.24, 2.45) is 0 Å². The maximum absolute atomic E-state index is 12.8. The van der Waals surface area contributed by atoms with Gasteiger partial charge in [-0.05, 0) is 56.2 Å². The Hall–Kier alpha value is -2.47. The molecule has 0 atom stereocenters. The van der Waals surface area contributed by atoms with Crippen molar-refractivity contribution in [3.8, 4) is 17.4 Å². The van der Waals surface area contributed by atoms with Crippen LogP contribution in [0.2, 0.25) is 0 Å². The molecule has 0 bridgehead atoms. The Labute approximate surface area is 151 Å². The molecule has 136 valence electrons. The Morgan fingerprint density at radius 1 is 1.12 bits per heavy atom. The van der Waals surface area contributed by atoms with Crippen molar-refractivity contribution in [3.05, 3.63) is 34.9 Å². The van der Waals surface area contributed by atoms with E-state index in [0.29, 0.717) is 5.69 Å². The molecule has 1 aromatic carbocycles. The van der Waals surface area contributed by atoms with E-state index >= 15 is 0 Å². The first-order chi connectivity index (χ1) is 12.6. The Kier molecular flexibility index (Phi) is 3.19. The fraction of sp³-hybridized carbons (Fsp3) is 0.450. The summed E-state index contributed by atoms with van der Waals surface area (Å²) in [6.07, 6.45) is 5.34. The number of rotatable bonds is 3. The molecule has 0 unspecified atom stereocenters. The van der Waals surface area contributed by atoms with Crippen LogP contribution in [0.4, 0.5) is 5.69 Å². The molecule has 2 N–H and O–H groups in total. The van der Waals surface area contributed by atoms with Gasteiger partial charge in [-0.1, -0.05) is 6.07 Å². The van der Waals surface area contributed by atoms with Crippen LogP contribution in [0, 0.1) is 0 Å². The number of carbonyl (C=O) groups is 1. The molecular formula is C20H22N2O4. The number of carbonyl (C=O) groups excluding carboxylic acids is 1. The molecule has 1 spiro atoms. The first-order valence-electron chi connectivity index (χ1n) is 9.18. The zero-order valence-electron chi connectivity index (χ0n) is 14.8. The lowest BCUT2D eigenvalue weighted by molar-refractivity contribution is -0.121. The minimum Gasteiger partial charge on any atom is -0.494 e. The smallest absolute Gasteiger partial charge is 0.239 e. The van der Waals surface area contributed by atoms with E-state index in [9.17, 15) is 15.0 Å². The molecule has 26 heavy (non-hydrogen) atoms. The van der Waals surface area contributed by atoms with Crippen LogP contribution in [0.15, 0.2) is 18.2 Å². The Balaban J connectivity index is 1.66. The lowest BCUT2D eigenvalue weighted by atomic mass is 9.95. The number of aromatic hydroxyl groups is 2. The quantitative estimate of drug-likeness (QED) is 0.889. The van der Waals surface area contributed by atoms with Crippen LogP contribution in [0.25, 0.3) is 5.69 Å². The summed E-state index contributed by atoms with van der Waals surface area (Å²) >= 11 is 0. The van der Waals surface area contributed by atoms with E-state index in [1.165, 1.54) is 4.57 Å². The standard InChI is InChI=1S/C20H22N2O4/c1-26-11-21-16-10-12(6-7-15(16)20(8-9-20)19(21)25)22-17(23)13-4-2-3-5-14(13)18(22)24/h6-7,10,23-24H,2-5,8-9,11H2,1H3. The van der Waals surface area contributed by atoms with E-state index < -0.39 is 0 Å². The summed E-state index contributed by atoms with van der Waals surface area (Å²) in [7, 11) is 1.58. The highest BCUT2D eigenvalue weighted by molar-refractivity contribution is 6.10. The van der Waals surface area contributed by atoms with Gasteiger partial charge in [0.25, 0.3) is 0 Å². The average Bonchev–Trinajstić information content (AvgIpc) is 3.38. The minimum absolute atomic E-state index is 0.0896. The van der Waals surface area contributed by atoms with Crippen molar-refractivity contribution in [1.82, 2.24) is 4.57 Å². The molecule has 3 aliphatic rings. The van der Waals surface area contributed by atoms with Crippen LogP contribution in [-0.2, 0) is 27.8 Å². The maximum atomic E-state index is 12.8. The van der Waals surface area contributed by atoms with Crippen molar-refractivity contribution in [1.29, 1.82) is 0 Å². The predicted octanol–water partition coefficient (Wildman–Crippen LogP) is 2.75. The van der Waals surface area contributed by atoms with E-state index in [0.717, 1.165) is 60.9 Å². The number of methoxy groups -OCH3 is 1. The molecule has 6 heteroatoms. The van der Waals surface area contributed by atoms with Crippen molar-refractivity contribution < 1.29 is 19.7 Å². The van der Waals surface area contributed by atoms with Gasteiger partial charge in [-0.2, -0.15) is 0 Å². The largest absolute Gasteiger partial charge is 0.494 e. The van der Waals surface area contributed by atoms with Gasteiger partial charge in [0.05, 0.1) is 16.8 Å². The molecule has 1 saturated carbocycles. The lowest BCUT2D eigenvalue weighted by Crippen LogP contribution is -2.33. The van der Waals surface area contributed by atoms with Crippen molar-refractivity contribution in [3.63, 3.8) is 0 Å². The van der Waals surface area contributed by atoms with Gasteiger partial charge < -0.3 is 14.9 Å². The maximum Gasteiger partial charge on any atom is 0.239 e. The Morgan fingerprint density at radius 3 is 2.35 bits per heavy atom. The molecule has 1 fully saturated rings. The van der Waals surface area contributed by atoms with Gasteiger partial charge in [-0.3, -0.25) is 14.3 Å².